The number of amides is 2. The Hall–Kier alpha value is -2.20. The van der Waals surface area contributed by atoms with E-state index in [0.29, 0.717) is 10.9 Å². The first kappa shape index (κ1) is 17.6. The topological polar surface area (TPSA) is 50.4 Å². The largest absolute Gasteiger partial charge is 0.496 e. The van der Waals surface area contributed by atoms with E-state index in [0.717, 1.165) is 29.7 Å². The molecule has 1 fully saturated rings. The number of methoxy groups -OCH3 is 1. The third-order valence-electron chi connectivity index (χ3n) is 4.56. The van der Waals surface area contributed by atoms with E-state index in [2.05, 4.69) is 10.6 Å². The van der Waals surface area contributed by atoms with Gasteiger partial charge in [0, 0.05) is 10.6 Å². The van der Waals surface area contributed by atoms with Gasteiger partial charge in [0.05, 0.1) is 19.2 Å². The predicted molar refractivity (Wildman–Crippen MR) is 100.0 cm³/mol. The van der Waals surface area contributed by atoms with E-state index in [9.17, 15) is 4.79 Å². The molecule has 132 valence electrons. The third-order valence-corrected chi connectivity index (χ3v) is 4.81. The van der Waals surface area contributed by atoms with E-state index in [4.69, 9.17) is 16.3 Å². The SMILES string of the molecule is COc1ccccc1[C@@H](C)NC(=O)N[C@@H](c1ccc(Cl)cc1)C1CC1. The van der Waals surface area contributed by atoms with Gasteiger partial charge in [0.1, 0.15) is 5.75 Å². The molecular formula is C20H23ClN2O2. The van der Waals surface area contributed by atoms with Gasteiger partial charge >= 0.3 is 6.03 Å². The molecule has 2 atom stereocenters. The lowest BCUT2D eigenvalue weighted by molar-refractivity contribution is 0.232. The Labute approximate surface area is 153 Å². The van der Waals surface area contributed by atoms with Gasteiger partial charge < -0.3 is 15.4 Å². The quantitative estimate of drug-likeness (QED) is 0.774. The van der Waals surface area contributed by atoms with Crippen LogP contribution in [0.5, 0.6) is 5.75 Å². The van der Waals surface area contributed by atoms with E-state index in [-0.39, 0.29) is 18.1 Å². The zero-order valence-corrected chi connectivity index (χ0v) is 15.2. The van der Waals surface area contributed by atoms with Crippen molar-refractivity contribution >= 4 is 17.6 Å². The summed E-state index contributed by atoms with van der Waals surface area (Å²) in [6.45, 7) is 1.95. The van der Waals surface area contributed by atoms with E-state index >= 15 is 0 Å². The molecule has 0 saturated heterocycles. The third kappa shape index (κ3) is 4.45. The molecule has 1 aliphatic rings. The first-order valence-corrected chi connectivity index (χ1v) is 8.91. The van der Waals surface area contributed by atoms with Gasteiger partial charge in [0.25, 0.3) is 0 Å². The molecular weight excluding hydrogens is 336 g/mol. The molecule has 25 heavy (non-hydrogen) atoms. The Balaban J connectivity index is 1.67. The van der Waals surface area contributed by atoms with Crippen molar-refractivity contribution in [1.29, 1.82) is 0 Å². The van der Waals surface area contributed by atoms with Crippen LogP contribution in [0.4, 0.5) is 4.79 Å². The highest BCUT2D eigenvalue weighted by atomic mass is 35.5. The molecule has 4 nitrogen and oxygen atoms in total. The van der Waals surface area contributed by atoms with Crippen molar-refractivity contribution in [3.63, 3.8) is 0 Å². The number of ether oxygens (including phenoxy) is 1. The first-order valence-electron chi connectivity index (χ1n) is 8.54. The highest BCUT2D eigenvalue weighted by Gasteiger charge is 2.33. The van der Waals surface area contributed by atoms with E-state index in [1.54, 1.807) is 7.11 Å². The van der Waals surface area contributed by atoms with Crippen LogP contribution < -0.4 is 15.4 Å². The maximum absolute atomic E-state index is 12.5. The molecule has 0 heterocycles. The van der Waals surface area contributed by atoms with E-state index in [1.807, 2.05) is 55.5 Å². The van der Waals surface area contributed by atoms with E-state index < -0.39 is 0 Å². The van der Waals surface area contributed by atoms with Crippen molar-refractivity contribution in [1.82, 2.24) is 10.6 Å². The summed E-state index contributed by atoms with van der Waals surface area (Å²) in [5.41, 5.74) is 2.04. The van der Waals surface area contributed by atoms with Crippen LogP contribution in [0.1, 0.15) is 43.0 Å². The monoisotopic (exact) mass is 358 g/mol. The minimum absolute atomic E-state index is 0.0159. The van der Waals surface area contributed by atoms with Gasteiger partial charge in [-0.2, -0.15) is 0 Å². The van der Waals surface area contributed by atoms with Crippen molar-refractivity contribution < 1.29 is 9.53 Å². The first-order chi connectivity index (χ1) is 12.1. The average Bonchev–Trinajstić information content (AvgIpc) is 3.45. The molecule has 2 N–H and O–H groups in total. The number of para-hydroxylation sites is 1. The molecule has 1 aliphatic carbocycles. The van der Waals surface area contributed by atoms with Gasteiger partial charge in [-0.25, -0.2) is 4.79 Å². The fourth-order valence-electron chi connectivity index (χ4n) is 3.05. The van der Waals surface area contributed by atoms with Crippen molar-refractivity contribution in [2.45, 2.75) is 31.8 Å². The van der Waals surface area contributed by atoms with Crippen LogP contribution in [-0.2, 0) is 0 Å². The minimum atomic E-state index is -0.176. The number of carbonyl (C=O) groups excluding carboxylic acids is 1. The zero-order chi connectivity index (χ0) is 17.8. The molecule has 2 aromatic carbocycles. The number of hydrogen-bond donors (Lipinski definition) is 2. The molecule has 3 rings (SSSR count). The standard InChI is InChI=1S/C20H23ClN2O2/c1-13(17-5-3-4-6-18(17)25-2)22-20(24)23-19(14-7-8-14)15-9-11-16(21)12-10-15/h3-6,9-14,19H,7-8H2,1-2H3,(H2,22,23,24)/t13-,19-/m1/s1. The molecule has 0 spiro atoms. The Morgan fingerprint density at radius 2 is 1.80 bits per heavy atom. The van der Waals surface area contributed by atoms with Crippen LogP contribution in [0.3, 0.4) is 0 Å². The number of hydrogen-bond acceptors (Lipinski definition) is 2. The Kier molecular flexibility index (Phi) is 5.49. The van der Waals surface area contributed by atoms with Crippen LogP contribution >= 0.6 is 11.6 Å². The van der Waals surface area contributed by atoms with Gasteiger partial charge in [-0.15, -0.1) is 0 Å². The normalized spacial score (nSPS) is 16.0. The van der Waals surface area contributed by atoms with E-state index in [1.165, 1.54) is 0 Å². The number of carbonyl (C=O) groups is 1. The number of nitrogens with one attached hydrogen (secondary N) is 2. The summed E-state index contributed by atoms with van der Waals surface area (Å²) in [5, 5.41) is 6.83. The fourth-order valence-corrected chi connectivity index (χ4v) is 3.18. The number of urea groups is 1. The summed E-state index contributed by atoms with van der Waals surface area (Å²) in [7, 11) is 1.63. The summed E-state index contributed by atoms with van der Waals surface area (Å²) in [5.74, 6) is 1.26. The Morgan fingerprint density at radius 3 is 2.44 bits per heavy atom. The second-order valence-corrected chi connectivity index (χ2v) is 6.88. The molecule has 1 saturated carbocycles. The summed E-state index contributed by atoms with van der Waals surface area (Å²) in [6, 6.07) is 15.1. The Bertz CT molecular complexity index is 729. The maximum atomic E-state index is 12.5. The molecule has 0 unspecified atom stereocenters. The van der Waals surface area contributed by atoms with Gasteiger partial charge in [-0.05, 0) is 49.4 Å². The highest BCUT2D eigenvalue weighted by Crippen LogP contribution is 2.41. The van der Waals surface area contributed by atoms with Crippen LogP contribution in [0.15, 0.2) is 48.5 Å². The van der Waals surface area contributed by atoms with Crippen molar-refractivity contribution in [3.05, 3.63) is 64.7 Å². The number of halogens is 1. The van der Waals surface area contributed by atoms with Crippen molar-refractivity contribution in [3.8, 4) is 5.75 Å². The molecule has 5 heteroatoms. The molecule has 2 amide bonds. The summed E-state index contributed by atoms with van der Waals surface area (Å²) in [4.78, 5) is 12.5. The second kappa shape index (κ2) is 7.79. The second-order valence-electron chi connectivity index (χ2n) is 6.45. The highest BCUT2D eigenvalue weighted by molar-refractivity contribution is 6.30. The molecule has 2 aromatic rings. The van der Waals surface area contributed by atoms with Crippen molar-refractivity contribution in [2.75, 3.05) is 7.11 Å². The van der Waals surface area contributed by atoms with Gasteiger partial charge in [0.15, 0.2) is 0 Å². The fraction of sp³-hybridized carbons (Fsp3) is 0.350. The average molecular weight is 359 g/mol. The lowest BCUT2D eigenvalue weighted by atomic mass is 10.0. The molecule has 0 aliphatic heterocycles. The van der Waals surface area contributed by atoms with Gasteiger partial charge in [-0.3, -0.25) is 0 Å². The predicted octanol–water partition coefficient (Wildman–Crippen LogP) is 4.86. The van der Waals surface area contributed by atoms with Gasteiger partial charge in [0.2, 0.25) is 0 Å². The van der Waals surface area contributed by atoms with Crippen LogP contribution in [0, 0.1) is 5.92 Å². The van der Waals surface area contributed by atoms with Crippen molar-refractivity contribution in [2.24, 2.45) is 5.92 Å². The molecule has 0 aromatic heterocycles. The van der Waals surface area contributed by atoms with Crippen LogP contribution in [0.25, 0.3) is 0 Å². The number of rotatable bonds is 6. The number of benzene rings is 2. The summed E-state index contributed by atoms with van der Waals surface area (Å²) >= 11 is 5.97. The van der Waals surface area contributed by atoms with Gasteiger partial charge in [-0.1, -0.05) is 41.9 Å². The molecule has 0 bridgehead atoms. The summed E-state index contributed by atoms with van der Waals surface area (Å²) in [6.07, 6.45) is 2.27. The maximum Gasteiger partial charge on any atom is 0.315 e. The lowest BCUT2D eigenvalue weighted by Crippen LogP contribution is -2.40. The zero-order valence-electron chi connectivity index (χ0n) is 14.5. The summed E-state index contributed by atoms with van der Waals surface area (Å²) < 4.78 is 5.37. The smallest absolute Gasteiger partial charge is 0.315 e. The minimum Gasteiger partial charge on any atom is -0.496 e. The lowest BCUT2D eigenvalue weighted by Gasteiger charge is -2.22. The Morgan fingerprint density at radius 1 is 1.12 bits per heavy atom. The van der Waals surface area contributed by atoms with Crippen LogP contribution in [-0.4, -0.2) is 13.1 Å². The molecule has 0 radical (unpaired) electrons. The van der Waals surface area contributed by atoms with Crippen LogP contribution in [0.2, 0.25) is 5.02 Å².